The molecular formula is C12H16ClNO. The fourth-order valence-corrected chi connectivity index (χ4v) is 2.17. The van der Waals surface area contributed by atoms with E-state index in [-0.39, 0.29) is 0 Å². The molecule has 2 atom stereocenters. The molecule has 1 aliphatic heterocycles. The molecule has 82 valence electrons. The van der Waals surface area contributed by atoms with Crippen LogP contribution in [0, 0.1) is 0 Å². The number of fused-ring (bicyclic) bond motifs is 1. The Morgan fingerprint density at radius 1 is 1.60 bits per heavy atom. The molecule has 1 aromatic carbocycles. The SMILES string of the molecule is CNC(C)CC1COc2ccc(Cl)cc21. The van der Waals surface area contributed by atoms with Crippen LogP contribution in [0.4, 0.5) is 0 Å². The first-order valence-corrected chi connectivity index (χ1v) is 5.68. The third kappa shape index (κ3) is 2.27. The van der Waals surface area contributed by atoms with Gasteiger partial charge in [0.15, 0.2) is 0 Å². The second kappa shape index (κ2) is 4.42. The maximum Gasteiger partial charge on any atom is 0.123 e. The molecule has 0 aromatic heterocycles. The van der Waals surface area contributed by atoms with Gasteiger partial charge in [0.25, 0.3) is 0 Å². The molecule has 3 heteroatoms. The van der Waals surface area contributed by atoms with Crippen molar-refractivity contribution in [1.82, 2.24) is 5.32 Å². The van der Waals surface area contributed by atoms with Crippen LogP contribution in [-0.2, 0) is 0 Å². The van der Waals surface area contributed by atoms with Gasteiger partial charge in [-0.05, 0) is 38.6 Å². The molecule has 0 saturated carbocycles. The van der Waals surface area contributed by atoms with Crippen LogP contribution in [0.1, 0.15) is 24.8 Å². The van der Waals surface area contributed by atoms with Gasteiger partial charge in [0.05, 0.1) is 6.61 Å². The van der Waals surface area contributed by atoms with Gasteiger partial charge in [-0.25, -0.2) is 0 Å². The smallest absolute Gasteiger partial charge is 0.123 e. The second-order valence-corrected chi connectivity index (χ2v) is 4.55. The number of nitrogens with one attached hydrogen (secondary N) is 1. The Labute approximate surface area is 95.6 Å². The first-order valence-electron chi connectivity index (χ1n) is 5.30. The van der Waals surface area contributed by atoms with Gasteiger partial charge in [-0.2, -0.15) is 0 Å². The van der Waals surface area contributed by atoms with E-state index in [0.29, 0.717) is 12.0 Å². The number of benzene rings is 1. The predicted octanol–water partition coefficient (Wildman–Crippen LogP) is 2.81. The monoisotopic (exact) mass is 225 g/mol. The Hall–Kier alpha value is -0.730. The zero-order valence-corrected chi connectivity index (χ0v) is 9.84. The highest BCUT2D eigenvalue weighted by Gasteiger charge is 2.25. The Kier molecular flexibility index (Phi) is 3.17. The zero-order valence-electron chi connectivity index (χ0n) is 9.09. The molecule has 0 saturated heterocycles. The van der Waals surface area contributed by atoms with E-state index in [4.69, 9.17) is 16.3 Å². The van der Waals surface area contributed by atoms with Crippen molar-refractivity contribution in [2.24, 2.45) is 0 Å². The quantitative estimate of drug-likeness (QED) is 0.854. The van der Waals surface area contributed by atoms with E-state index >= 15 is 0 Å². The van der Waals surface area contributed by atoms with Crippen molar-refractivity contribution in [1.29, 1.82) is 0 Å². The number of halogens is 1. The lowest BCUT2D eigenvalue weighted by molar-refractivity contribution is 0.316. The van der Waals surface area contributed by atoms with Crippen molar-refractivity contribution < 1.29 is 4.74 Å². The van der Waals surface area contributed by atoms with Crippen molar-refractivity contribution in [3.63, 3.8) is 0 Å². The van der Waals surface area contributed by atoms with Gasteiger partial charge in [-0.3, -0.25) is 0 Å². The molecule has 2 rings (SSSR count). The number of ether oxygens (including phenoxy) is 1. The van der Waals surface area contributed by atoms with Crippen LogP contribution in [-0.4, -0.2) is 19.7 Å². The fraction of sp³-hybridized carbons (Fsp3) is 0.500. The molecule has 2 nitrogen and oxygen atoms in total. The predicted molar refractivity (Wildman–Crippen MR) is 62.8 cm³/mol. The molecule has 0 amide bonds. The first-order chi connectivity index (χ1) is 7.20. The normalized spacial score (nSPS) is 20.9. The highest BCUT2D eigenvalue weighted by molar-refractivity contribution is 6.30. The van der Waals surface area contributed by atoms with Gasteiger partial charge in [0, 0.05) is 22.5 Å². The summed E-state index contributed by atoms with van der Waals surface area (Å²) in [5.41, 5.74) is 1.25. The molecule has 15 heavy (non-hydrogen) atoms. The van der Waals surface area contributed by atoms with Crippen molar-refractivity contribution >= 4 is 11.6 Å². The molecule has 0 radical (unpaired) electrons. The van der Waals surface area contributed by atoms with E-state index in [0.717, 1.165) is 23.8 Å². The third-order valence-corrected chi connectivity index (χ3v) is 3.22. The number of hydrogen-bond donors (Lipinski definition) is 1. The Bertz CT molecular complexity index is 353. The van der Waals surface area contributed by atoms with Crippen molar-refractivity contribution in [3.05, 3.63) is 28.8 Å². The van der Waals surface area contributed by atoms with E-state index in [1.165, 1.54) is 5.56 Å². The Morgan fingerprint density at radius 2 is 2.40 bits per heavy atom. The average Bonchev–Trinajstić information content (AvgIpc) is 2.61. The summed E-state index contributed by atoms with van der Waals surface area (Å²) >= 11 is 5.99. The summed E-state index contributed by atoms with van der Waals surface area (Å²) in [6.07, 6.45) is 1.09. The van der Waals surface area contributed by atoms with Crippen LogP contribution in [0.25, 0.3) is 0 Å². The molecule has 0 spiro atoms. The van der Waals surface area contributed by atoms with Crippen LogP contribution in [0.15, 0.2) is 18.2 Å². The van der Waals surface area contributed by atoms with E-state index < -0.39 is 0 Å². The van der Waals surface area contributed by atoms with Gasteiger partial charge in [0.1, 0.15) is 5.75 Å². The summed E-state index contributed by atoms with van der Waals surface area (Å²) in [6.45, 7) is 2.96. The summed E-state index contributed by atoms with van der Waals surface area (Å²) in [4.78, 5) is 0. The molecule has 0 fully saturated rings. The lowest BCUT2D eigenvalue weighted by atomic mass is 9.95. The summed E-state index contributed by atoms with van der Waals surface area (Å²) in [6, 6.07) is 6.37. The van der Waals surface area contributed by atoms with Crippen LogP contribution >= 0.6 is 11.6 Å². The lowest BCUT2D eigenvalue weighted by Crippen LogP contribution is -2.24. The van der Waals surface area contributed by atoms with Gasteiger partial charge in [-0.1, -0.05) is 11.6 Å². The van der Waals surface area contributed by atoms with E-state index in [2.05, 4.69) is 12.2 Å². The molecule has 2 unspecified atom stereocenters. The average molecular weight is 226 g/mol. The molecule has 1 N–H and O–H groups in total. The largest absolute Gasteiger partial charge is 0.493 e. The zero-order chi connectivity index (χ0) is 10.8. The van der Waals surface area contributed by atoms with E-state index in [1.807, 2.05) is 25.2 Å². The Balaban J connectivity index is 2.16. The van der Waals surface area contributed by atoms with Crippen molar-refractivity contribution in [3.8, 4) is 5.75 Å². The standard InChI is InChI=1S/C12H16ClNO/c1-8(14-2)5-9-7-15-12-4-3-10(13)6-11(9)12/h3-4,6,8-9,14H,5,7H2,1-2H3. The minimum Gasteiger partial charge on any atom is -0.493 e. The van der Waals surface area contributed by atoms with Crippen molar-refractivity contribution in [2.45, 2.75) is 25.3 Å². The molecule has 1 heterocycles. The van der Waals surface area contributed by atoms with Gasteiger partial charge in [-0.15, -0.1) is 0 Å². The first kappa shape index (κ1) is 10.8. The number of hydrogen-bond acceptors (Lipinski definition) is 2. The summed E-state index contributed by atoms with van der Waals surface area (Å²) in [7, 11) is 1.99. The van der Waals surface area contributed by atoms with Gasteiger partial charge in [0.2, 0.25) is 0 Å². The van der Waals surface area contributed by atoms with Crippen LogP contribution in [0.5, 0.6) is 5.75 Å². The van der Waals surface area contributed by atoms with Crippen LogP contribution in [0.3, 0.4) is 0 Å². The topological polar surface area (TPSA) is 21.3 Å². The molecule has 0 bridgehead atoms. The maximum atomic E-state index is 5.99. The summed E-state index contributed by atoms with van der Waals surface area (Å²) in [5.74, 6) is 1.47. The fourth-order valence-electron chi connectivity index (χ4n) is 1.99. The van der Waals surface area contributed by atoms with Crippen molar-refractivity contribution in [2.75, 3.05) is 13.7 Å². The number of rotatable bonds is 3. The molecule has 1 aromatic rings. The second-order valence-electron chi connectivity index (χ2n) is 4.12. The molecule has 0 aliphatic carbocycles. The minimum absolute atomic E-state index is 0.473. The lowest BCUT2D eigenvalue weighted by Gasteiger charge is -2.14. The van der Waals surface area contributed by atoms with Crippen LogP contribution < -0.4 is 10.1 Å². The van der Waals surface area contributed by atoms with Gasteiger partial charge >= 0.3 is 0 Å². The highest BCUT2D eigenvalue weighted by atomic mass is 35.5. The summed E-state index contributed by atoms with van der Waals surface area (Å²) in [5, 5.41) is 4.04. The molecular weight excluding hydrogens is 210 g/mol. The molecule has 1 aliphatic rings. The van der Waals surface area contributed by atoms with E-state index in [9.17, 15) is 0 Å². The maximum absolute atomic E-state index is 5.99. The Morgan fingerprint density at radius 3 is 3.13 bits per heavy atom. The van der Waals surface area contributed by atoms with Crippen LogP contribution in [0.2, 0.25) is 5.02 Å². The highest BCUT2D eigenvalue weighted by Crippen LogP contribution is 2.37. The van der Waals surface area contributed by atoms with Gasteiger partial charge < -0.3 is 10.1 Å². The third-order valence-electron chi connectivity index (χ3n) is 2.98. The minimum atomic E-state index is 0.473. The van der Waals surface area contributed by atoms with E-state index in [1.54, 1.807) is 0 Å². The summed E-state index contributed by atoms with van der Waals surface area (Å²) < 4.78 is 5.63.